The number of aliphatic hydroxyl groups excluding tert-OH is 1. The molecular formula is C25H41N3O5. The van der Waals surface area contributed by atoms with Crippen LogP contribution >= 0.6 is 0 Å². The number of aryl methyl sites for hydroxylation is 1. The molecule has 8 heteroatoms. The van der Waals surface area contributed by atoms with Gasteiger partial charge in [-0.25, -0.2) is 4.79 Å². The average molecular weight is 464 g/mol. The number of nitrogens with zero attached hydrogens (tertiary/aromatic N) is 1. The third-order valence-electron chi connectivity index (χ3n) is 5.01. The molecule has 2 atom stereocenters. The highest BCUT2D eigenvalue weighted by Crippen LogP contribution is 2.24. The fourth-order valence-electron chi connectivity index (χ4n) is 3.31. The van der Waals surface area contributed by atoms with E-state index < -0.39 is 29.7 Å². The molecule has 1 aromatic rings. The fourth-order valence-corrected chi connectivity index (χ4v) is 3.31. The summed E-state index contributed by atoms with van der Waals surface area (Å²) in [5.74, 6) is -1.05. The number of alkyl carbamates (subject to hydrolysis) is 1. The molecule has 0 aliphatic heterocycles. The summed E-state index contributed by atoms with van der Waals surface area (Å²) >= 11 is 0. The van der Waals surface area contributed by atoms with Gasteiger partial charge in [0.1, 0.15) is 17.7 Å². The number of rotatable bonds is 11. The zero-order chi connectivity index (χ0) is 25.2. The van der Waals surface area contributed by atoms with E-state index in [0.717, 1.165) is 18.4 Å². The van der Waals surface area contributed by atoms with E-state index in [1.165, 1.54) is 4.90 Å². The van der Waals surface area contributed by atoms with Crippen LogP contribution in [-0.2, 0) is 14.3 Å². The number of hydrogen-bond acceptors (Lipinski definition) is 5. The third-order valence-corrected chi connectivity index (χ3v) is 5.01. The molecule has 0 aliphatic carbocycles. The summed E-state index contributed by atoms with van der Waals surface area (Å²) in [7, 11) is 0. The second-order valence-corrected chi connectivity index (χ2v) is 9.58. The number of carbonyl (C=O) groups is 3. The van der Waals surface area contributed by atoms with Crippen LogP contribution in [0.25, 0.3) is 0 Å². The summed E-state index contributed by atoms with van der Waals surface area (Å²) in [6.45, 7) is 12.9. The van der Waals surface area contributed by atoms with Crippen LogP contribution in [0.5, 0.6) is 0 Å². The Morgan fingerprint density at radius 3 is 2.21 bits per heavy atom. The number of unbranched alkanes of at least 4 members (excludes halogenated alkanes) is 1. The number of amides is 3. The Hall–Kier alpha value is -2.61. The van der Waals surface area contributed by atoms with Crippen molar-refractivity contribution < 1.29 is 24.2 Å². The van der Waals surface area contributed by atoms with Crippen molar-refractivity contribution in [2.24, 2.45) is 5.92 Å². The van der Waals surface area contributed by atoms with Crippen LogP contribution < -0.4 is 10.6 Å². The first kappa shape index (κ1) is 28.4. The van der Waals surface area contributed by atoms with Gasteiger partial charge in [-0.15, -0.1) is 0 Å². The van der Waals surface area contributed by atoms with Crippen molar-refractivity contribution in [1.29, 1.82) is 0 Å². The lowest BCUT2D eigenvalue weighted by Gasteiger charge is -2.35. The third kappa shape index (κ3) is 9.42. The average Bonchev–Trinajstić information content (AvgIpc) is 2.71. The van der Waals surface area contributed by atoms with E-state index in [4.69, 9.17) is 4.74 Å². The minimum absolute atomic E-state index is 0.0577. The lowest BCUT2D eigenvalue weighted by atomic mass is 9.98. The predicted molar refractivity (Wildman–Crippen MR) is 129 cm³/mol. The normalized spacial score (nSPS) is 13.2. The van der Waals surface area contributed by atoms with Crippen molar-refractivity contribution >= 4 is 17.9 Å². The largest absolute Gasteiger partial charge is 0.444 e. The molecule has 33 heavy (non-hydrogen) atoms. The number of aliphatic hydroxyl groups is 1. The Balaban J connectivity index is 3.32. The summed E-state index contributed by atoms with van der Waals surface area (Å²) in [5, 5.41) is 15.3. The minimum atomic E-state index is -0.941. The van der Waals surface area contributed by atoms with E-state index in [1.54, 1.807) is 34.6 Å². The Kier molecular flexibility index (Phi) is 11.4. The zero-order valence-electron chi connectivity index (χ0n) is 21.1. The highest BCUT2D eigenvalue weighted by atomic mass is 16.6. The van der Waals surface area contributed by atoms with Gasteiger partial charge in [-0.1, -0.05) is 57.0 Å². The van der Waals surface area contributed by atoms with Crippen LogP contribution in [0.2, 0.25) is 0 Å². The maximum absolute atomic E-state index is 13.7. The van der Waals surface area contributed by atoms with Crippen molar-refractivity contribution in [2.45, 2.75) is 79.0 Å². The number of ether oxygens (including phenoxy) is 1. The molecule has 0 fully saturated rings. The molecule has 0 saturated carbocycles. The Morgan fingerprint density at radius 2 is 1.73 bits per heavy atom. The van der Waals surface area contributed by atoms with Gasteiger partial charge in [0.15, 0.2) is 0 Å². The van der Waals surface area contributed by atoms with Crippen LogP contribution in [0.15, 0.2) is 24.3 Å². The van der Waals surface area contributed by atoms with Gasteiger partial charge in [0.25, 0.3) is 0 Å². The summed E-state index contributed by atoms with van der Waals surface area (Å²) < 4.78 is 5.33. The molecule has 0 radical (unpaired) electrons. The molecule has 186 valence electrons. The van der Waals surface area contributed by atoms with Crippen LogP contribution in [-0.4, -0.2) is 59.3 Å². The monoisotopic (exact) mass is 463 g/mol. The van der Waals surface area contributed by atoms with E-state index in [-0.39, 0.29) is 25.0 Å². The number of carbonyl (C=O) groups excluding carboxylic acids is 3. The van der Waals surface area contributed by atoms with Gasteiger partial charge >= 0.3 is 6.09 Å². The molecule has 1 rings (SSSR count). The Morgan fingerprint density at radius 1 is 1.12 bits per heavy atom. The van der Waals surface area contributed by atoms with Gasteiger partial charge in [-0.3, -0.25) is 9.59 Å². The van der Waals surface area contributed by atoms with Gasteiger partial charge in [-0.05, 0) is 45.6 Å². The van der Waals surface area contributed by atoms with E-state index in [9.17, 15) is 19.5 Å². The second-order valence-electron chi connectivity index (χ2n) is 9.58. The fraction of sp³-hybridized carbons (Fsp3) is 0.640. The number of nitrogens with one attached hydrogen (secondary N) is 2. The lowest BCUT2D eigenvalue weighted by Crippen LogP contribution is -2.55. The summed E-state index contributed by atoms with van der Waals surface area (Å²) in [4.78, 5) is 40.6. The maximum Gasteiger partial charge on any atom is 0.408 e. The Labute approximate surface area is 198 Å². The molecule has 1 aromatic carbocycles. The summed E-state index contributed by atoms with van der Waals surface area (Å²) in [6, 6.07) is 5.50. The van der Waals surface area contributed by atoms with Crippen molar-refractivity contribution in [2.75, 3.05) is 19.7 Å². The zero-order valence-corrected chi connectivity index (χ0v) is 21.1. The van der Waals surface area contributed by atoms with Crippen molar-refractivity contribution in [3.05, 3.63) is 35.4 Å². The molecule has 0 saturated heterocycles. The molecule has 8 nitrogen and oxygen atoms in total. The van der Waals surface area contributed by atoms with Gasteiger partial charge < -0.3 is 25.4 Å². The first-order valence-electron chi connectivity index (χ1n) is 11.7. The molecule has 2 unspecified atom stereocenters. The molecule has 0 aromatic heterocycles. The summed E-state index contributed by atoms with van der Waals surface area (Å²) in [6.07, 6.45) is 1.02. The topological polar surface area (TPSA) is 108 Å². The van der Waals surface area contributed by atoms with Crippen LogP contribution in [0.1, 0.15) is 71.6 Å². The Bertz CT molecular complexity index is 771. The number of hydrogen-bond donors (Lipinski definition) is 3. The van der Waals surface area contributed by atoms with Crippen LogP contribution in [0.4, 0.5) is 4.79 Å². The van der Waals surface area contributed by atoms with E-state index in [0.29, 0.717) is 12.1 Å². The van der Waals surface area contributed by atoms with Crippen molar-refractivity contribution in [3.63, 3.8) is 0 Å². The quantitative estimate of drug-likeness (QED) is 0.436. The highest BCUT2D eigenvalue weighted by Gasteiger charge is 2.37. The smallest absolute Gasteiger partial charge is 0.408 e. The molecule has 0 heterocycles. The second kappa shape index (κ2) is 13.2. The first-order valence-corrected chi connectivity index (χ1v) is 11.7. The van der Waals surface area contributed by atoms with Gasteiger partial charge in [0, 0.05) is 13.1 Å². The summed E-state index contributed by atoms with van der Waals surface area (Å²) in [5.41, 5.74) is 0.940. The standard InChI is InChI=1S/C25H41N3O5/c1-8-9-14-26-22(30)21(19-12-10-18(4)11-13-19)28(15-16-29)23(31)20(17(2)3)27-24(32)33-25(5,6)7/h10-13,17,20-21,29H,8-9,14-16H2,1-7H3,(H,26,30)(H,27,32). The predicted octanol–water partition coefficient (Wildman–Crippen LogP) is 3.32. The molecule has 3 amide bonds. The highest BCUT2D eigenvalue weighted by molar-refractivity contribution is 5.92. The van der Waals surface area contributed by atoms with Crippen molar-refractivity contribution in [1.82, 2.24) is 15.5 Å². The maximum atomic E-state index is 13.7. The number of benzene rings is 1. The van der Waals surface area contributed by atoms with E-state index in [1.807, 2.05) is 38.1 Å². The van der Waals surface area contributed by atoms with E-state index in [2.05, 4.69) is 10.6 Å². The molecular weight excluding hydrogens is 422 g/mol. The van der Waals surface area contributed by atoms with Gasteiger partial charge in [-0.2, -0.15) is 0 Å². The van der Waals surface area contributed by atoms with Gasteiger partial charge in [0.2, 0.25) is 11.8 Å². The SMILES string of the molecule is CCCCNC(=O)C(c1ccc(C)cc1)N(CCO)C(=O)C(NC(=O)OC(C)(C)C)C(C)C. The molecule has 0 aliphatic rings. The van der Waals surface area contributed by atoms with E-state index >= 15 is 0 Å². The minimum Gasteiger partial charge on any atom is -0.444 e. The van der Waals surface area contributed by atoms with Gasteiger partial charge in [0.05, 0.1) is 6.61 Å². The van der Waals surface area contributed by atoms with Crippen LogP contribution in [0, 0.1) is 12.8 Å². The lowest BCUT2D eigenvalue weighted by molar-refractivity contribution is -0.143. The molecule has 3 N–H and O–H groups in total. The molecule has 0 bridgehead atoms. The van der Waals surface area contributed by atoms with Crippen LogP contribution in [0.3, 0.4) is 0 Å². The van der Waals surface area contributed by atoms with Crippen molar-refractivity contribution in [3.8, 4) is 0 Å². The first-order chi connectivity index (χ1) is 15.4. The molecule has 0 spiro atoms.